The Balaban J connectivity index is 2.65. The second kappa shape index (κ2) is 3.69. The number of pyridine rings is 1. The minimum absolute atomic E-state index is 0.0641. The molecule has 0 aliphatic heterocycles. The van der Waals surface area contributed by atoms with Crippen LogP contribution in [0.3, 0.4) is 0 Å². The van der Waals surface area contributed by atoms with Gasteiger partial charge in [-0.2, -0.15) is 0 Å². The van der Waals surface area contributed by atoms with Gasteiger partial charge in [-0.3, -0.25) is 9.78 Å². The predicted octanol–water partition coefficient (Wildman–Crippen LogP) is 2.50. The normalized spacial score (nSPS) is 10.3. The summed E-state index contributed by atoms with van der Waals surface area (Å²) in [5.74, 6) is -0.0641. The number of benzene rings is 1. The molecule has 0 fully saturated rings. The summed E-state index contributed by atoms with van der Waals surface area (Å²) < 4.78 is 0. The van der Waals surface area contributed by atoms with Crippen LogP contribution in [0.1, 0.15) is 12.6 Å². The van der Waals surface area contributed by atoms with E-state index in [1.807, 2.05) is 37.3 Å². The van der Waals surface area contributed by atoms with E-state index >= 15 is 0 Å². The van der Waals surface area contributed by atoms with Crippen LogP contribution in [-0.4, -0.2) is 10.9 Å². The fourth-order valence-electron chi connectivity index (χ4n) is 1.60. The van der Waals surface area contributed by atoms with Crippen molar-refractivity contribution >= 4 is 22.5 Å². The third-order valence-corrected chi connectivity index (χ3v) is 2.15. The Bertz CT molecular complexity index is 520. The molecule has 76 valence electrons. The van der Waals surface area contributed by atoms with Crippen LogP contribution in [0.4, 0.5) is 5.69 Å². The molecule has 2 rings (SSSR count). The Morgan fingerprint density at radius 3 is 2.80 bits per heavy atom. The number of carbonyl (C=O) groups is 1. The summed E-state index contributed by atoms with van der Waals surface area (Å²) in [6, 6.07) is 9.64. The van der Waals surface area contributed by atoms with Crippen LogP contribution in [0.5, 0.6) is 0 Å². The lowest BCUT2D eigenvalue weighted by atomic mass is 10.1. The number of rotatable bonds is 1. The van der Waals surface area contributed by atoms with Crippen molar-refractivity contribution in [3.8, 4) is 0 Å². The highest BCUT2D eigenvalue weighted by Crippen LogP contribution is 2.22. The molecular formula is C12H12N2O. The van der Waals surface area contributed by atoms with E-state index in [1.165, 1.54) is 6.92 Å². The van der Waals surface area contributed by atoms with Crippen molar-refractivity contribution in [3.05, 3.63) is 36.0 Å². The highest BCUT2D eigenvalue weighted by molar-refractivity contribution is 6.00. The molecule has 0 aliphatic rings. The van der Waals surface area contributed by atoms with E-state index in [-0.39, 0.29) is 5.91 Å². The van der Waals surface area contributed by atoms with E-state index in [9.17, 15) is 4.79 Å². The third kappa shape index (κ3) is 1.96. The maximum Gasteiger partial charge on any atom is 0.221 e. The van der Waals surface area contributed by atoms with Crippen LogP contribution < -0.4 is 5.32 Å². The van der Waals surface area contributed by atoms with Gasteiger partial charge in [0.15, 0.2) is 0 Å². The zero-order valence-electron chi connectivity index (χ0n) is 8.74. The van der Waals surface area contributed by atoms with Gasteiger partial charge < -0.3 is 5.32 Å². The van der Waals surface area contributed by atoms with Crippen molar-refractivity contribution in [2.45, 2.75) is 13.8 Å². The molecular weight excluding hydrogens is 188 g/mol. The van der Waals surface area contributed by atoms with Crippen molar-refractivity contribution in [1.82, 2.24) is 4.98 Å². The lowest BCUT2D eigenvalue weighted by Gasteiger charge is -2.07. The van der Waals surface area contributed by atoms with Gasteiger partial charge in [-0.05, 0) is 19.1 Å². The van der Waals surface area contributed by atoms with Gasteiger partial charge in [0.25, 0.3) is 0 Å². The van der Waals surface area contributed by atoms with Gasteiger partial charge in [0.05, 0.1) is 11.2 Å². The number of hydrogen-bond acceptors (Lipinski definition) is 2. The van der Waals surface area contributed by atoms with E-state index in [1.54, 1.807) is 0 Å². The lowest BCUT2D eigenvalue weighted by molar-refractivity contribution is -0.114. The molecule has 0 atom stereocenters. The molecule has 0 saturated heterocycles. The highest BCUT2D eigenvalue weighted by Gasteiger charge is 2.03. The molecule has 0 unspecified atom stereocenters. The fraction of sp³-hybridized carbons (Fsp3) is 0.167. The smallest absolute Gasteiger partial charge is 0.221 e. The molecule has 3 heteroatoms. The second-order valence-corrected chi connectivity index (χ2v) is 3.51. The van der Waals surface area contributed by atoms with Crippen LogP contribution >= 0.6 is 0 Å². The van der Waals surface area contributed by atoms with E-state index in [0.717, 1.165) is 22.3 Å². The first-order chi connectivity index (χ1) is 7.16. The number of nitrogens with one attached hydrogen (secondary N) is 1. The summed E-state index contributed by atoms with van der Waals surface area (Å²) >= 11 is 0. The number of anilines is 1. The zero-order valence-corrected chi connectivity index (χ0v) is 8.74. The van der Waals surface area contributed by atoms with Gasteiger partial charge in [0, 0.05) is 18.0 Å². The molecule has 0 aliphatic carbocycles. The lowest BCUT2D eigenvalue weighted by Crippen LogP contribution is -2.06. The van der Waals surface area contributed by atoms with Crippen LogP contribution in [0, 0.1) is 6.92 Å². The van der Waals surface area contributed by atoms with Crippen LogP contribution in [0.15, 0.2) is 30.3 Å². The second-order valence-electron chi connectivity index (χ2n) is 3.51. The first-order valence-electron chi connectivity index (χ1n) is 4.81. The SMILES string of the molecule is CC(=O)Nc1cc(C)nc2ccccc12. The van der Waals surface area contributed by atoms with Gasteiger partial charge in [-0.25, -0.2) is 0 Å². The maximum absolute atomic E-state index is 11.0. The Kier molecular flexibility index (Phi) is 2.37. The monoisotopic (exact) mass is 200 g/mol. The van der Waals surface area contributed by atoms with Crippen molar-refractivity contribution < 1.29 is 4.79 Å². The zero-order chi connectivity index (χ0) is 10.8. The molecule has 0 spiro atoms. The van der Waals surface area contributed by atoms with Crippen molar-refractivity contribution in [2.24, 2.45) is 0 Å². The molecule has 1 heterocycles. The summed E-state index contributed by atoms with van der Waals surface area (Å²) in [5, 5.41) is 3.78. The molecule has 3 nitrogen and oxygen atoms in total. The molecule has 0 bridgehead atoms. The number of fused-ring (bicyclic) bond motifs is 1. The first kappa shape index (κ1) is 9.65. The average Bonchev–Trinajstić information content (AvgIpc) is 2.16. The number of nitrogens with zero attached hydrogens (tertiary/aromatic N) is 1. The number of aromatic nitrogens is 1. The molecule has 1 aromatic heterocycles. The van der Waals surface area contributed by atoms with Gasteiger partial charge in [0.2, 0.25) is 5.91 Å². The van der Waals surface area contributed by atoms with Gasteiger partial charge in [-0.15, -0.1) is 0 Å². The van der Waals surface area contributed by atoms with Crippen LogP contribution in [0.2, 0.25) is 0 Å². The van der Waals surface area contributed by atoms with E-state index < -0.39 is 0 Å². The Labute approximate surface area is 88.1 Å². The number of amides is 1. The number of aryl methyl sites for hydroxylation is 1. The Morgan fingerprint density at radius 2 is 2.07 bits per heavy atom. The first-order valence-corrected chi connectivity index (χ1v) is 4.81. The minimum Gasteiger partial charge on any atom is -0.326 e. The maximum atomic E-state index is 11.0. The summed E-state index contributed by atoms with van der Waals surface area (Å²) in [6.07, 6.45) is 0. The van der Waals surface area contributed by atoms with E-state index in [2.05, 4.69) is 10.3 Å². The molecule has 15 heavy (non-hydrogen) atoms. The summed E-state index contributed by atoms with van der Waals surface area (Å²) in [5.41, 5.74) is 2.63. The summed E-state index contributed by atoms with van der Waals surface area (Å²) in [7, 11) is 0. The fourth-order valence-corrected chi connectivity index (χ4v) is 1.60. The largest absolute Gasteiger partial charge is 0.326 e. The number of hydrogen-bond donors (Lipinski definition) is 1. The standard InChI is InChI=1S/C12H12N2O/c1-8-7-12(14-9(2)15)10-5-3-4-6-11(10)13-8/h3-7H,1-2H3,(H,13,14,15). The molecule has 1 N–H and O–H groups in total. The van der Waals surface area contributed by atoms with Crippen LogP contribution in [0.25, 0.3) is 10.9 Å². The van der Waals surface area contributed by atoms with Crippen molar-refractivity contribution in [2.75, 3.05) is 5.32 Å². The molecule has 0 radical (unpaired) electrons. The van der Waals surface area contributed by atoms with Crippen LogP contribution in [-0.2, 0) is 4.79 Å². The predicted molar refractivity (Wildman–Crippen MR) is 60.8 cm³/mol. The van der Waals surface area contributed by atoms with Crippen molar-refractivity contribution in [1.29, 1.82) is 0 Å². The Hall–Kier alpha value is -1.90. The number of para-hydroxylation sites is 1. The molecule has 0 saturated carbocycles. The quantitative estimate of drug-likeness (QED) is 0.768. The Morgan fingerprint density at radius 1 is 1.33 bits per heavy atom. The average molecular weight is 200 g/mol. The van der Waals surface area contributed by atoms with Gasteiger partial charge in [-0.1, -0.05) is 18.2 Å². The molecule has 1 amide bonds. The highest BCUT2D eigenvalue weighted by atomic mass is 16.1. The minimum atomic E-state index is -0.0641. The summed E-state index contributed by atoms with van der Waals surface area (Å²) in [6.45, 7) is 3.42. The molecule has 1 aromatic carbocycles. The van der Waals surface area contributed by atoms with E-state index in [0.29, 0.717) is 0 Å². The third-order valence-electron chi connectivity index (χ3n) is 2.15. The van der Waals surface area contributed by atoms with E-state index in [4.69, 9.17) is 0 Å². The molecule has 2 aromatic rings. The van der Waals surface area contributed by atoms with Gasteiger partial charge >= 0.3 is 0 Å². The van der Waals surface area contributed by atoms with Gasteiger partial charge in [0.1, 0.15) is 0 Å². The number of carbonyl (C=O) groups excluding carboxylic acids is 1. The topological polar surface area (TPSA) is 42.0 Å². The van der Waals surface area contributed by atoms with Crippen molar-refractivity contribution in [3.63, 3.8) is 0 Å². The summed E-state index contributed by atoms with van der Waals surface area (Å²) in [4.78, 5) is 15.4.